The van der Waals surface area contributed by atoms with E-state index < -0.39 is 11.7 Å². The summed E-state index contributed by atoms with van der Waals surface area (Å²) in [5.41, 5.74) is 16.0. The third-order valence-electron chi connectivity index (χ3n) is 17.7. The fourth-order valence-electron chi connectivity index (χ4n) is 13.4. The van der Waals surface area contributed by atoms with Crippen LogP contribution in [0.2, 0.25) is 0 Å². The fraction of sp³-hybridized carbons (Fsp3) is 0.0366. The molecule has 1 aliphatic rings. The van der Waals surface area contributed by atoms with Crippen molar-refractivity contribution in [3.63, 3.8) is 0 Å². The van der Waals surface area contributed by atoms with Crippen molar-refractivity contribution < 1.29 is 13.2 Å². The molecule has 1 atom stereocenters. The minimum absolute atomic E-state index is 0.0572. The lowest BCUT2D eigenvalue weighted by Crippen LogP contribution is -2.17. The lowest BCUT2D eigenvalue weighted by Gasteiger charge is -2.24. The number of aromatic nitrogens is 5. The van der Waals surface area contributed by atoms with E-state index in [1.807, 2.05) is 194 Å². The number of nitrogens with zero attached hydrogens (tertiary/aromatic N) is 7. The predicted octanol–water partition coefficient (Wildman–Crippen LogP) is 21.1. The second-order valence-electron chi connectivity index (χ2n) is 23.2. The molecule has 0 spiro atoms. The summed E-state index contributed by atoms with van der Waals surface area (Å²) in [7, 11) is 0. The molecule has 436 valence electrons. The van der Waals surface area contributed by atoms with Gasteiger partial charge in [0, 0.05) is 86.6 Å². The van der Waals surface area contributed by atoms with Gasteiger partial charge in [0.25, 0.3) is 0 Å². The first-order valence-corrected chi connectivity index (χ1v) is 30.5. The second-order valence-corrected chi connectivity index (χ2v) is 23.2. The molecule has 0 aliphatic carbocycles. The Morgan fingerprint density at radius 1 is 0.391 bits per heavy atom. The van der Waals surface area contributed by atoms with Gasteiger partial charge in [0.05, 0.1) is 62.2 Å². The summed E-state index contributed by atoms with van der Waals surface area (Å²) in [6.07, 6.45) is 5.01. The van der Waals surface area contributed by atoms with E-state index in [-0.39, 0.29) is 17.3 Å². The summed E-state index contributed by atoms with van der Waals surface area (Å²) >= 11 is 0. The first kappa shape index (κ1) is 55.3. The maximum atomic E-state index is 17.7. The van der Waals surface area contributed by atoms with Gasteiger partial charge in [-0.3, -0.25) is 19.9 Å². The molecular formula is C82H52F3N7. The summed E-state index contributed by atoms with van der Waals surface area (Å²) in [4.78, 5) is 19.0. The van der Waals surface area contributed by atoms with Crippen LogP contribution in [0.1, 0.15) is 34.6 Å². The molecule has 0 fully saturated rings. The van der Waals surface area contributed by atoms with Crippen molar-refractivity contribution >= 4 is 49.3 Å². The summed E-state index contributed by atoms with van der Waals surface area (Å²) in [6.45, 7) is 0. The molecule has 0 saturated heterocycles. The summed E-state index contributed by atoms with van der Waals surface area (Å²) in [5, 5.41) is 13.4. The Kier molecular flexibility index (Phi) is 13.7. The number of halogens is 3. The van der Waals surface area contributed by atoms with Gasteiger partial charge in [-0.2, -0.15) is 18.4 Å². The molecule has 15 aromatic rings. The van der Waals surface area contributed by atoms with Crippen LogP contribution in [-0.2, 0) is 6.18 Å². The fourth-order valence-corrected chi connectivity index (χ4v) is 13.4. The average Bonchev–Trinajstić information content (AvgIpc) is 1.54. The maximum Gasteiger partial charge on any atom is 0.420 e. The molecule has 0 bridgehead atoms. The lowest BCUT2D eigenvalue weighted by molar-refractivity contribution is -0.137. The van der Waals surface area contributed by atoms with Crippen LogP contribution >= 0.6 is 0 Å². The molecule has 1 unspecified atom stereocenters. The van der Waals surface area contributed by atoms with Crippen molar-refractivity contribution in [3.8, 4) is 95.7 Å². The van der Waals surface area contributed by atoms with Crippen LogP contribution in [0.5, 0.6) is 0 Å². The summed E-state index contributed by atoms with van der Waals surface area (Å²) in [5.74, 6) is -0.0617. The van der Waals surface area contributed by atoms with Crippen molar-refractivity contribution in [2.24, 2.45) is 4.99 Å². The molecule has 92 heavy (non-hydrogen) atoms. The minimum atomic E-state index is -4.97. The van der Waals surface area contributed by atoms with Crippen molar-refractivity contribution in [3.05, 3.63) is 320 Å². The van der Waals surface area contributed by atoms with Gasteiger partial charge in [-0.15, -0.1) is 0 Å². The average molecular weight is 1190 g/mol. The molecule has 0 radical (unpaired) electrons. The molecule has 0 N–H and O–H groups in total. The van der Waals surface area contributed by atoms with E-state index in [0.717, 1.165) is 106 Å². The summed E-state index contributed by atoms with van der Waals surface area (Å²) in [6, 6.07) is 88.9. The zero-order valence-electron chi connectivity index (χ0n) is 49.3. The van der Waals surface area contributed by atoms with Crippen LogP contribution in [0.3, 0.4) is 0 Å². The number of alkyl halides is 3. The Morgan fingerprint density at radius 2 is 0.826 bits per heavy atom. The molecule has 7 nitrogen and oxygen atoms in total. The van der Waals surface area contributed by atoms with E-state index >= 15 is 13.2 Å². The van der Waals surface area contributed by atoms with Gasteiger partial charge in [-0.25, -0.2) is 0 Å². The second kappa shape index (κ2) is 22.8. The first-order chi connectivity index (χ1) is 45.2. The van der Waals surface area contributed by atoms with Crippen LogP contribution in [0.15, 0.2) is 303 Å². The van der Waals surface area contributed by atoms with Gasteiger partial charge in [0.2, 0.25) is 0 Å². The van der Waals surface area contributed by atoms with E-state index in [0.29, 0.717) is 45.2 Å². The molecule has 10 aromatic carbocycles. The van der Waals surface area contributed by atoms with E-state index in [1.165, 1.54) is 0 Å². The van der Waals surface area contributed by atoms with Gasteiger partial charge in [0.1, 0.15) is 5.56 Å². The number of fused-ring (bicyclic) bond motifs is 6. The normalized spacial score (nSPS) is 13.2. The maximum absolute atomic E-state index is 17.7. The number of hydrogen-bond donors (Lipinski definition) is 0. The Bertz CT molecular complexity index is 5350. The zero-order chi connectivity index (χ0) is 61.9. The van der Waals surface area contributed by atoms with E-state index in [4.69, 9.17) is 19.9 Å². The van der Waals surface area contributed by atoms with Gasteiger partial charge in [0.15, 0.2) is 0 Å². The third-order valence-corrected chi connectivity index (χ3v) is 17.7. The smallest absolute Gasteiger partial charge is 0.309 e. The van der Waals surface area contributed by atoms with Crippen molar-refractivity contribution in [2.45, 2.75) is 18.5 Å². The van der Waals surface area contributed by atoms with Crippen molar-refractivity contribution in [1.82, 2.24) is 24.1 Å². The van der Waals surface area contributed by atoms with Gasteiger partial charge in [-0.05, 0) is 153 Å². The molecule has 16 rings (SSSR count). The largest absolute Gasteiger partial charge is 0.420 e. The molecular weight excluding hydrogens is 1140 g/mol. The van der Waals surface area contributed by atoms with Crippen LogP contribution in [0.25, 0.3) is 133 Å². The number of aliphatic imine (C=N–C) groups is 1. The highest BCUT2D eigenvalue weighted by Gasteiger charge is 2.41. The third kappa shape index (κ3) is 9.99. The number of hydrogen-bond acceptors (Lipinski definition) is 5. The predicted molar refractivity (Wildman–Crippen MR) is 366 cm³/mol. The number of allylic oxidation sites excluding steroid dienone is 1. The Morgan fingerprint density at radius 3 is 1.30 bits per heavy atom. The molecule has 0 saturated carbocycles. The Balaban J connectivity index is 0.960. The highest BCUT2D eigenvalue weighted by molar-refractivity contribution is 6.14. The standard InChI is InChI=1S/C82H52F3N7/c83-82(84,85)80-79(91-75-29-24-57(61-34-38-87-71(47-61)53-15-5-1-6-16-53)43-67(75)68-44-58(25-30-76(68)91)62-35-39-88-72(48-62)54-17-7-2-8-18-54)33-28-66(65-23-13-14-52(42-65)51-86)81(80)92-77-31-26-59(63-36-40-89-73(49-63)55-19-9-3-10-20-55)45-69(77)70-46-60(27-32-78(70)92)64-37-41-90-74(50-64)56-21-11-4-12-22-56/h1-47,49-50,62H,48H2. The van der Waals surface area contributed by atoms with Crippen LogP contribution < -0.4 is 0 Å². The molecule has 0 amide bonds. The topological polar surface area (TPSA) is 84.7 Å². The van der Waals surface area contributed by atoms with Gasteiger partial charge < -0.3 is 9.13 Å². The van der Waals surface area contributed by atoms with Crippen LogP contribution in [0, 0.1) is 11.3 Å². The Hall–Kier alpha value is -12.1. The SMILES string of the molecule is N#Cc1cccc(-c2ccc(-n3c4ccc(-c5ccnc(-c6ccccc6)c5)cc4c4cc(C5C=CN=C(c6ccccc6)C5)ccc43)c(C(F)(F)F)c2-n2c3ccc(-c4ccnc(-c5ccccc5)c4)cc3c3cc(-c4ccnc(-c5ccccc5)c4)ccc32)c1. The van der Waals surface area contributed by atoms with Crippen molar-refractivity contribution in [1.29, 1.82) is 5.26 Å². The number of pyridine rings is 3. The van der Waals surface area contributed by atoms with Crippen LogP contribution in [0.4, 0.5) is 13.2 Å². The van der Waals surface area contributed by atoms with E-state index in [2.05, 4.69) is 54.6 Å². The quantitative estimate of drug-likeness (QED) is 0.129. The highest BCUT2D eigenvalue weighted by atomic mass is 19.4. The van der Waals surface area contributed by atoms with E-state index in [9.17, 15) is 5.26 Å². The lowest BCUT2D eigenvalue weighted by atomic mass is 9.89. The summed E-state index contributed by atoms with van der Waals surface area (Å²) < 4.78 is 56.7. The van der Waals surface area contributed by atoms with Gasteiger partial charge in [-0.1, -0.05) is 170 Å². The number of nitriles is 1. The minimum Gasteiger partial charge on any atom is -0.309 e. The number of benzene rings is 10. The number of rotatable bonds is 11. The zero-order valence-corrected chi connectivity index (χ0v) is 49.3. The molecule has 1 aliphatic heterocycles. The monoisotopic (exact) mass is 1190 g/mol. The Labute approximate surface area is 528 Å². The van der Waals surface area contributed by atoms with Gasteiger partial charge >= 0.3 is 6.18 Å². The molecule has 5 aromatic heterocycles. The molecule has 6 heterocycles. The van der Waals surface area contributed by atoms with E-state index in [1.54, 1.807) is 64.1 Å². The highest BCUT2D eigenvalue weighted by Crippen LogP contribution is 2.49. The first-order valence-electron chi connectivity index (χ1n) is 30.5. The molecule has 10 heteroatoms. The van der Waals surface area contributed by atoms with Crippen molar-refractivity contribution in [2.75, 3.05) is 0 Å². The van der Waals surface area contributed by atoms with Crippen LogP contribution in [-0.4, -0.2) is 29.8 Å².